The Balaban J connectivity index is 0.00000312. The Morgan fingerprint density at radius 3 is 2.96 bits per heavy atom. The number of guanidine groups is 1. The molecule has 1 N–H and O–H groups in total. The van der Waals surface area contributed by atoms with Crippen molar-refractivity contribution in [3.63, 3.8) is 0 Å². The molecule has 0 radical (unpaired) electrons. The first-order valence-corrected chi connectivity index (χ1v) is 8.53. The van der Waals surface area contributed by atoms with Gasteiger partial charge in [-0.2, -0.15) is 0 Å². The SMILES string of the molecule is CN=C(NCC1CCCN1CCOC)N(C)Cc1cccc(F)c1.I. The summed E-state index contributed by atoms with van der Waals surface area (Å²) in [6.07, 6.45) is 2.43. The van der Waals surface area contributed by atoms with E-state index < -0.39 is 0 Å². The van der Waals surface area contributed by atoms with E-state index in [1.807, 2.05) is 18.0 Å². The van der Waals surface area contributed by atoms with Gasteiger partial charge >= 0.3 is 0 Å². The van der Waals surface area contributed by atoms with Gasteiger partial charge in [-0.3, -0.25) is 9.89 Å². The normalized spacial score (nSPS) is 18.1. The molecule has 0 aliphatic carbocycles. The van der Waals surface area contributed by atoms with Gasteiger partial charge in [0, 0.05) is 46.9 Å². The Morgan fingerprint density at radius 1 is 1.48 bits per heavy atom. The average molecular weight is 464 g/mol. The van der Waals surface area contributed by atoms with Crippen molar-refractivity contribution in [2.45, 2.75) is 25.4 Å². The molecule has 1 unspecified atom stereocenters. The van der Waals surface area contributed by atoms with Crippen LogP contribution in [0.5, 0.6) is 0 Å². The first-order chi connectivity index (χ1) is 11.6. The summed E-state index contributed by atoms with van der Waals surface area (Å²) >= 11 is 0. The number of hydrogen-bond acceptors (Lipinski definition) is 3. The summed E-state index contributed by atoms with van der Waals surface area (Å²) < 4.78 is 18.5. The molecule has 1 aliphatic rings. The van der Waals surface area contributed by atoms with E-state index in [1.165, 1.54) is 18.9 Å². The van der Waals surface area contributed by atoms with E-state index in [1.54, 1.807) is 26.3 Å². The van der Waals surface area contributed by atoms with Crippen molar-refractivity contribution in [3.8, 4) is 0 Å². The summed E-state index contributed by atoms with van der Waals surface area (Å²) in [5.41, 5.74) is 0.933. The largest absolute Gasteiger partial charge is 0.383 e. The zero-order valence-electron chi connectivity index (χ0n) is 15.4. The third kappa shape index (κ3) is 7.07. The molecular formula is C18H30FIN4O. The van der Waals surface area contributed by atoms with E-state index in [2.05, 4.69) is 15.2 Å². The van der Waals surface area contributed by atoms with E-state index >= 15 is 0 Å². The fraction of sp³-hybridized carbons (Fsp3) is 0.611. The van der Waals surface area contributed by atoms with Crippen molar-refractivity contribution in [2.24, 2.45) is 4.99 Å². The minimum Gasteiger partial charge on any atom is -0.383 e. The van der Waals surface area contributed by atoms with Crippen LogP contribution in [-0.2, 0) is 11.3 Å². The summed E-state index contributed by atoms with van der Waals surface area (Å²) in [6.45, 7) is 4.36. The summed E-state index contributed by atoms with van der Waals surface area (Å²) in [5.74, 6) is 0.626. The number of hydrogen-bond donors (Lipinski definition) is 1. The van der Waals surface area contributed by atoms with Crippen LogP contribution in [-0.4, -0.2) is 69.2 Å². The van der Waals surface area contributed by atoms with Crippen LogP contribution in [0.25, 0.3) is 0 Å². The number of halogens is 2. The van der Waals surface area contributed by atoms with Crippen LogP contribution in [0, 0.1) is 5.82 Å². The molecule has 1 aromatic carbocycles. The van der Waals surface area contributed by atoms with Gasteiger partial charge in [0.15, 0.2) is 5.96 Å². The molecular weight excluding hydrogens is 434 g/mol. The molecule has 0 bridgehead atoms. The van der Waals surface area contributed by atoms with Crippen molar-refractivity contribution >= 4 is 29.9 Å². The van der Waals surface area contributed by atoms with Crippen LogP contribution in [0.2, 0.25) is 0 Å². The lowest BCUT2D eigenvalue weighted by atomic mass is 10.2. The van der Waals surface area contributed by atoms with E-state index in [0.717, 1.165) is 37.8 Å². The molecule has 1 fully saturated rings. The molecule has 5 nitrogen and oxygen atoms in total. The predicted molar refractivity (Wildman–Crippen MR) is 111 cm³/mol. The van der Waals surface area contributed by atoms with Gasteiger partial charge in [-0.05, 0) is 37.1 Å². The Labute approximate surface area is 167 Å². The number of nitrogens with zero attached hydrogens (tertiary/aromatic N) is 3. The Hall–Kier alpha value is -0.930. The van der Waals surface area contributed by atoms with Crippen LogP contribution in [0.1, 0.15) is 18.4 Å². The van der Waals surface area contributed by atoms with Crippen LogP contribution in [0.4, 0.5) is 4.39 Å². The number of rotatable bonds is 7. The monoisotopic (exact) mass is 464 g/mol. The lowest BCUT2D eigenvalue weighted by molar-refractivity contribution is 0.141. The van der Waals surface area contributed by atoms with Gasteiger partial charge in [-0.25, -0.2) is 4.39 Å². The zero-order valence-corrected chi connectivity index (χ0v) is 17.7. The second-order valence-electron chi connectivity index (χ2n) is 6.24. The minimum atomic E-state index is -0.205. The Morgan fingerprint density at radius 2 is 2.28 bits per heavy atom. The summed E-state index contributed by atoms with van der Waals surface area (Å²) in [5, 5.41) is 3.45. The maximum absolute atomic E-state index is 13.3. The highest BCUT2D eigenvalue weighted by atomic mass is 127. The maximum atomic E-state index is 13.3. The number of ether oxygens (including phenoxy) is 1. The molecule has 2 rings (SSSR count). The molecule has 1 aliphatic heterocycles. The Bertz CT molecular complexity index is 544. The van der Waals surface area contributed by atoms with Crippen LogP contribution < -0.4 is 5.32 Å². The number of likely N-dealkylation sites (tertiary alicyclic amines) is 1. The average Bonchev–Trinajstić information content (AvgIpc) is 3.01. The fourth-order valence-electron chi connectivity index (χ4n) is 3.21. The summed E-state index contributed by atoms with van der Waals surface area (Å²) in [6, 6.07) is 7.20. The van der Waals surface area contributed by atoms with Gasteiger partial charge in [0.05, 0.1) is 6.61 Å². The number of nitrogens with one attached hydrogen (secondary N) is 1. The lowest BCUT2D eigenvalue weighted by Crippen LogP contribution is -2.45. The molecule has 142 valence electrons. The highest BCUT2D eigenvalue weighted by Crippen LogP contribution is 2.16. The third-order valence-electron chi connectivity index (χ3n) is 4.46. The molecule has 1 atom stereocenters. The molecule has 0 saturated carbocycles. The number of methoxy groups -OCH3 is 1. The van der Waals surface area contributed by atoms with Gasteiger partial charge in [0.1, 0.15) is 5.82 Å². The van der Waals surface area contributed by atoms with Crippen molar-refractivity contribution < 1.29 is 9.13 Å². The highest BCUT2D eigenvalue weighted by Gasteiger charge is 2.24. The van der Waals surface area contributed by atoms with E-state index in [4.69, 9.17) is 4.74 Å². The molecule has 0 amide bonds. The van der Waals surface area contributed by atoms with Crippen molar-refractivity contribution in [1.82, 2.24) is 15.1 Å². The highest BCUT2D eigenvalue weighted by molar-refractivity contribution is 14.0. The number of aliphatic imine (C=N–C) groups is 1. The predicted octanol–water partition coefficient (Wildman–Crippen LogP) is 2.56. The molecule has 1 saturated heterocycles. The van der Waals surface area contributed by atoms with Gasteiger partial charge in [-0.1, -0.05) is 12.1 Å². The number of benzene rings is 1. The molecule has 7 heteroatoms. The molecule has 1 heterocycles. The first-order valence-electron chi connectivity index (χ1n) is 8.53. The minimum absolute atomic E-state index is 0. The fourth-order valence-corrected chi connectivity index (χ4v) is 3.21. The van der Waals surface area contributed by atoms with E-state index in [-0.39, 0.29) is 29.8 Å². The second kappa shape index (κ2) is 11.6. The van der Waals surface area contributed by atoms with Crippen molar-refractivity contribution in [2.75, 3.05) is 47.4 Å². The second-order valence-corrected chi connectivity index (χ2v) is 6.24. The van der Waals surface area contributed by atoms with Gasteiger partial charge in [-0.15, -0.1) is 24.0 Å². The van der Waals surface area contributed by atoms with Crippen molar-refractivity contribution in [1.29, 1.82) is 0 Å². The molecule has 25 heavy (non-hydrogen) atoms. The standard InChI is InChI=1S/C18H29FN4O.HI/c1-20-18(22(2)14-15-6-4-7-16(19)12-15)21-13-17-8-5-9-23(17)10-11-24-3;/h4,6-7,12,17H,5,8-11,13-14H2,1-3H3,(H,20,21);1H. The van der Waals surface area contributed by atoms with Gasteiger partial charge in [0.25, 0.3) is 0 Å². The molecule has 1 aromatic rings. The van der Waals surface area contributed by atoms with Crippen LogP contribution in [0.3, 0.4) is 0 Å². The quantitative estimate of drug-likeness (QED) is 0.383. The topological polar surface area (TPSA) is 40.1 Å². The van der Waals surface area contributed by atoms with Gasteiger partial charge < -0.3 is 15.0 Å². The molecule has 0 aromatic heterocycles. The maximum Gasteiger partial charge on any atom is 0.193 e. The lowest BCUT2D eigenvalue weighted by Gasteiger charge is -2.27. The first kappa shape index (κ1) is 22.1. The van der Waals surface area contributed by atoms with Gasteiger partial charge in [0.2, 0.25) is 0 Å². The van der Waals surface area contributed by atoms with E-state index in [0.29, 0.717) is 12.6 Å². The third-order valence-corrected chi connectivity index (χ3v) is 4.46. The smallest absolute Gasteiger partial charge is 0.193 e. The molecule has 0 spiro atoms. The summed E-state index contributed by atoms with van der Waals surface area (Å²) in [7, 11) is 5.49. The van der Waals surface area contributed by atoms with E-state index in [9.17, 15) is 4.39 Å². The Kier molecular flexibility index (Phi) is 10.3. The summed E-state index contributed by atoms with van der Waals surface area (Å²) in [4.78, 5) is 8.83. The van der Waals surface area contributed by atoms with Crippen LogP contribution >= 0.6 is 24.0 Å². The zero-order chi connectivity index (χ0) is 17.4. The van der Waals surface area contributed by atoms with Crippen LogP contribution in [0.15, 0.2) is 29.3 Å². The van der Waals surface area contributed by atoms with Crippen molar-refractivity contribution in [3.05, 3.63) is 35.6 Å².